The molecule has 1 aromatic heterocycles. The Balaban J connectivity index is 1.99. The third-order valence-electron chi connectivity index (χ3n) is 3.72. The van der Waals surface area contributed by atoms with Crippen molar-refractivity contribution in [2.75, 3.05) is 26.4 Å². The smallest absolute Gasteiger partial charge is 0.339 e. The summed E-state index contributed by atoms with van der Waals surface area (Å²) in [6.45, 7) is 2.41. The van der Waals surface area contributed by atoms with Gasteiger partial charge in [0.15, 0.2) is 0 Å². The number of hydrogen-bond acceptors (Lipinski definition) is 5. The van der Waals surface area contributed by atoms with Crippen molar-refractivity contribution in [2.24, 2.45) is 0 Å². The van der Waals surface area contributed by atoms with Crippen molar-refractivity contribution in [3.63, 3.8) is 0 Å². The minimum absolute atomic E-state index is 0.139. The van der Waals surface area contributed by atoms with Gasteiger partial charge in [0.05, 0.1) is 31.3 Å². The van der Waals surface area contributed by atoms with Gasteiger partial charge in [0.2, 0.25) is 0 Å². The predicted octanol–water partition coefficient (Wildman–Crippen LogP) is 2.10. The summed E-state index contributed by atoms with van der Waals surface area (Å²) in [5.74, 6) is -7.51. The van der Waals surface area contributed by atoms with Crippen LogP contribution in [-0.2, 0) is 30.5 Å². The highest BCUT2D eigenvalue weighted by molar-refractivity contribution is 7.12. The summed E-state index contributed by atoms with van der Waals surface area (Å²) >= 11 is 1.25. The highest BCUT2D eigenvalue weighted by Gasteiger charge is 2.81. The zero-order valence-electron chi connectivity index (χ0n) is 10.2. The molecular formula is C12H12F2O4S. The normalized spacial score (nSPS) is 29.4. The third-order valence-corrected chi connectivity index (χ3v) is 4.86. The molecule has 2 saturated heterocycles. The van der Waals surface area contributed by atoms with Gasteiger partial charge in [-0.1, -0.05) is 0 Å². The van der Waals surface area contributed by atoms with Crippen LogP contribution in [0.15, 0.2) is 6.07 Å². The Morgan fingerprint density at radius 2 is 1.53 bits per heavy atom. The fourth-order valence-electron chi connectivity index (χ4n) is 3.01. The summed E-state index contributed by atoms with van der Waals surface area (Å²) in [4.78, 5) is 1.27. The van der Waals surface area contributed by atoms with E-state index in [4.69, 9.17) is 18.9 Å². The van der Waals surface area contributed by atoms with Crippen molar-refractivity contribution in [1.29, 1.82) is 0 Å². The molecule has 2 aliphatic heterocycles. The van der Waals surface area contributed by atoms with E-state index in [1.54, 1.807) is 6.07 Å². The van der Waals surface area contributed by atoms with E-state index in [1.165, 1.54) is 11.3 Å². The molecule has 4 nitrogen and oxygen atoms in total. The zero-order valence-corrected chi connectivity index (χ0v) is 11.0. The number of alkyl halides is 2. The summed E-state index contributed by atoms with van der Waals surface area (Å²) in [7, 11) is 0. The average Bonchev–Trinajstić information content (AvgIpc) is 3.08. The highest BCUT2D eigenvalue weighted by atomic mass is 32.1. The van der Waals surface area contributed by atoms with Crippen molar-refractivity contribution >= 4 is 11.3 Å². The quantitative estimate of drug-likeness (QED) is 0.733. The number of hydrogen-bond donors (Lipinski definition) is 0. The van der Waals surface area contributed by atoms with E-state index >= 15 is 0 Å². The SMILES string of the molecule is Cc1cc2c(s1)C1(OCCO1)C(F)(F)C21OCCO1. The van der Waals surface area contributed by atoms with Crippen LogP contribution < -0.4 is 0 Å². The second-order valence-electron chi connectivity index (χ2n) is 4.80. The first-order chi connectivity index (χ1) is 9.04. The average molecular weight is 290 g/mol. The lowest BCUT2D eigenvalue weighted by Crippen LogP contribution is -2.54. The molecule has 1 aromatic rings. The van der Waals surface area contributed by atoms with Crippen molar-refractivity contribution in [3.05, 3.63) is 21.4 Å². The molecule has 3 aliphatic rings. The Labute approximate surface area is 112 Å². The molecule has 2 fully saturated rings. The maximum Gasteiger partial charge on any atom is 0.363 e. The monoisotopic (exact) mass is 290 g/mol. The van der Waals surface area contributed by atoms with Gasteiger partial charge in [-0.25, -0.2) is 0 Å². The van der Waals surface area contributed by atoms with E-state index in [-0.39, 0.29) is 26.4 Å². The van der Waals surface area contributed by atoms with Crippen LogP contribution in [0.2, 0.25) is 0 Å². The molecule has 1 aliphatic carbocycles. The van der Waals surface area contributed by atoms with Crippen LogP contribution in [0, 0.1) is 6.92 Å². The second-order valence-corrected chi connectivity index (χ2v) is 6.06. The van der Waals surface area contributed by atoms with E-state index in [2.05, 4.69) is 0 Å². The van der Waals surface area contributed by atoms with Gasteiger partial charge < -0.3 is 18.9 Å². The summed E-state index contributed by atoms with van der Waals surface area (Å²) < 4.78 is 51.1. The lowest BCUT2D eigenvalue weighted by molar-refractivity contribution is -0.387. The maximum atomic E-state index is 14.9. The fourth-order valence-corrected chi connectivity index (χ4v) is 4.19. The Hall–Kier alpha value is -0.600. The molecule has 0 amide bonds. The van der Waals surface area contributed by atoms with Crippen molar-refractivity contribution in [2.45, 2.75) is 24.4 Å². The molecule has 0 unspecified atom stereocenters. The van der Waals surface area contributed by atoms with Crippen LogP contribution in [0.1, 0.15) is 15.3 Å². The first-order valence-electron chi connectivity index (χ1n) is 6.08. The summed E-state index contributed by atoms with van der Waals surface area (Å²) in [6.07, 6.45) is 0. The molecule has 3 heterocycles. The van der Waals surface area contributed by atoms with Crippen LogP contribution in [0.25, 0.3) is 0 Å². The molecule has 0 atom stereocenters. The molecule has 19 heavy (non-hydrogen) atoms. The van der Waals surface area contributed by atoms with Gasteiger partial charge in [-0.05, 0) is 13.0 Å². The standard InChI is InChI=1S/C12H12F2O4S/c1-7-6-8-9(19-7)11(17-4-5-18-11)12(13,14)10(8)15-2-3-16-10/h6H,2-5H2,1H3. The molecule has 104 valence electrons. The zero-order chi connectivity index (χ0) is 13.3. The molecule has 4 rings (SSSR count). The molecule has 7 heteroatoms. The Morgan fingerprint density at radius 1 is 1.00 bits per heavy atom. The number of fused-ring (bicyclic) bond motifs is 3. The van der Waals surface area contributed by atoms with Crippen LogP contribution in [0.4, 0.5) is 8.78 Å². The van der Waals surface area contributed by atoms with Gasteiger partial charge in [-0.3, -0.25) is 0 Å². The number of halogens is 2. The number of rotatable bonds is 0. The van der Waals surface area contributed by atoms with Gasteiger partial charge in [0.25, 0.3) is 11.6 Å². The third kappa shape index (κ3) is 1.17. The molecule has 2 spiro atoms. The van der Waals surface area contributed by atoms with E-state index in [1.807, 2.05) is 6.92 Å². The number of thiophene rings is 1. The minimum atomic E-state index is -3.40. The van der Waals surface area contributed by atoms with Gasteiger partial charge in [-0.2, -0.15) is 8.78 Å². The van der Waals surface area contributed by atoms with Crippen LogP contribution >= 0.6 is 11.3 Å². The Bertz CT molecular complexity index is 486. The first kappa shape index (κ1) is 12.2. The molecule has 0 radical (unpaired) electrons. The molecular weight excluding hydrogens is 278 g/mol. The summed E-state index contributed by atoms with van der Waals surface area (Å²) in [5.41, 5.74) is 0.347. The van der Waals surface area contributed by atoms with E-state index in [0.717, 1.165) is 4.88 Å². The molecule has 0 aromatic carbocycles. The predicted molar refractivity (Wildman–Crippen MR) is 61.2 cm³/mol. The largest absolute Gasteiger partial charge is 0.363 e. The van der Waals surface area contributed by atoms with Crippen LogP contribution in [0.3, 0.4) is 0 Å². The summed E-state index contributed by atoms with van der Waals surface area (Å²) in [6, 6.07) is 1.68. The van der Waals surface area contributed by atoms with E-state index in [0.29, 0.717) is 10.4 Å². The Kier molecular flexibility index (Phi) is 2.26. The van der Waals surface area contributed by atoms with Gasteiger partial charge in [-0.15, -0.1) is 11.3 Å². The summed E-state index contributed by atoms with van der Waals surface area (Å²) in [5, 5.41) is 0. The molecule has 0 N–H and O–H groups in total. The van der Waals surface area contributed by atoms with Gasteiger partial charge in [0.1, 0.15) is 0 Å². The topological polar surface area (TPSA) is 36.9 Å². The van der Waals surface area contributed by atoms with Crippen LogP contribution in [0.5, 0.6) is 0 Å². The minimum Gasteiger partial charge on any atom is -0.339 e. The lowest BCUT2D eigenvalue weighted by atomic mass is 10.1. The number of aryl methyl sites for hydroxylation is 1. The second kappa shape index (κ2) is 3.53. The maximum absolute atomic E-state index is 14.9. The first-order valence-corrected chi connectivity index (χ1v) is 6.90. The van der Waals surface area contributed by atoms with Gasteiger partial charge >= 0.3 is 5.92 Å². The van der Waals surface area contributed by atoms with Crippen molar-refractivity contribution < 1.29 is 27.7 Å². The van der Waals surface area contributed by atoms with Gasteiger partial charge in [0, 0.05) is 10.4 Å². The fraction of sp³-hybridized carbons (Fsp3) is 0.667. The molecule has 0 bridgehead atoms. The van der Waals surface area contributed by atoms with Crippen molar-refractivity contribution in [3.8, 4) is 0 Å². The number of ether oxygens (including phenoxy) is 4. The van der Waals surface area contributed by atoms with E-state index < -0.39 is 17.5 Å². The van der Waals surface area contributed by atoms with Crippen LogP contribution in [-0.4, -0.2) is 32.4 Å². The molecule has 0 saturated carbocycles. The highest BCUT2D eigenvalue weighted by Crippen LogP contribution is 2.65. The van der Waals surface area contributed by atoms with E-state index in [9.17, 15) is 8.78 Å². The van der Waals surface area contributed by atoms with Crippen molar-refractivity contribution in [1.82, 2.24) is 0 Å². The Morgan fingerprint density at radius 3 is 2.11 bits per heavy atom. The lowest BCUT2D eigenvalue weighted by Gasteiger charge is -2.35.